The number of nitrogen functional groups attached to an aromatic ring is 1. The Labute approximate surface area is 192 Å². The number of fused-ring (bicyclic) bond motifs is 1. The van der Waals surface area contributed by atoms with Crippen molar-refractivity contribution in [3.63, 3.8) is 0 Å². The monoisotopic (exact) mass is 443 g/mol. The first-order valence-corrected chi connectivity index (χ1v) is 11.5. The number of nitrogens with one attached hydrogen (secondary N) is 1. The molecule has 4 heterocycles. The summed E-state index contributed by atoms with van der Waals surface area (Å²) in [6.07, 6.45) is 5.27. The van der Waals surface area contributed by atoms with E-state index in [4.69, 9.17) is 10.7 Å². The summed E-state index contributed by atoms with van der Waals surface area (Å²) in [6.45, 7) is 6.06. The van der Waals surface area contributed by atoms with E-state index in [0.717, 1.165) is 53.1 Å². The number of imidazole rings is 1. The number of hydrogen-bond acceptors (Lipinski definition) is 5. The molecule has 3 N–H and O–H groups in total. The van der Waals surface area contributed by atoms with Crippen molar-refractivity contribution in [2.75, 3.05) is 18.8 Å². The fourth-order valence-electron chi connectivity index (χ4n) is 4.73. The predicted octanol–water partition coefficient (Wildman–Crippen LogP) is 3.62. The number of para-hydroxylation sites is 2. The second-order valence-electron chi connectivity index (χ2n) is 9.19. The molecule has 1 fully saturated rings. The number of H-pyrrole nitrogens is 1. The lowest BCUT2D eigenvalue weighted by atomic mass is 9.97. The van der Waals surface area contributed by atoms with E-state index in [0.29, 0.717) is 24.8 Å². The van der Waals surface area contributed by atoms with Gasteiger partial charge in [-0.25, -0.2) is 9.97 Å². The summed E-state index contributed by atoms with van der Waals surface area (Å²) < 4.78 is 2.09. The Hall–Kier alpha value is -3.68. The molecule has 0 bridgehead atoms. The smallest absolute Gasteiger partial charge is 0.242 e. The number of hydrogen-bond donors (Lipinski definition) is 2. The number of benzene rings is 1. The van der Waals surface area contributed by atoms with Gasteiger partial charge in [-0.15, -0.1) is 0 Å². The van der Waals surface area contributed by atoms with Crippen LogP contribution in [0, 0.1) is 5.92 Å². The molecule has 1 unspecified atom stereocenters. The highest BCUT2D eigenvalue weighted by Crippen LogP contribution is 2.33. The molecule has 8 nitrogen and oxygen atoms in total. The normalized spacial score (nSPS) is 16.2. The van der Waals surface area contributed by atoms with Gasteiger partial charge >= 0.3 is 0 Å². The first kappa shape index (κ1) is 21.2. The molecule has 170 valence electrons. The Morgan fingerprint density at radius 2 is 2.12 bits per heavy atom. The zero-order valence-electron chi connectivity index (χ0n) is 19.0. The van der Waals surface area contributed by atoms with Crippen LogP contribution in [0.2, 0.25) is 0 Å². The van der Waals surface area contributed by atoms with Gasteiger partial charge in [0.25, 0.3) is 0 Å². The van der Waals surface area contributed by atoms with E-state index in [1.165, 1.54) is 0 Å². The number of nitrogens with two attached hydrogens (primary N) is 1. The molecule has 5 rings (SSSR count). The number of amides is 1. The van der Waals surface area contributed by atoms with E-state index in [-0.39, 0.29) is 11.8 Å². The van der Waals surface area contributed by atoms with Gasteiger partial charge in [0.15, 0.2) is 0 Å². The molecule has 0 aliphatic carbocycles. The Morgan fingerprint density at radius 3 is 2.94 bits per heavy atom. The van der Waals surface area contributed by atoms with Crippen LogP contribution in [0.5, 0.6) is 0 Å². The number of anilines is 1. The lowest BCUT2D eigenvalue weighted by Gasteiger charge is -2.19. The summed E-state index contributed by atoms with van der Waals surface area (Å²) in [5.74, 6) is 2.25. The molecular weight excluding hydrogens is 414 g/mol. The van der Waals surface area contributed by atoms with Crippen LogP contribution in [-0.4, -0.2) is 48.6 Å². The van der Waals surface area contributed by atoms with E-state index < -0.39 is 0 Å². The molecule has 0 saturated carbocycles. The number of aromatic nitrogens is 5. The number of pyridine rings is 1. The van der Waals surface area contributed by atoms with E-state index in [1.54, 1.807) is 6.20 Å². The van der Waals surface area contributed by atoms with Crippen molar-refractivity contribution in [2.24, 2.45) is 5.92 Å². The molecule has 0 radical (unpaired) electrons. The Kier molecular flexibility index (Phi) is 5.58. The van der Waals surface area contributed by atoms with Gasteiger partial charge in [0.1, 0.15) is 18.2 Å². The lowest BCUT2D eigenvalue weighted by molar-refractivity contribution is -0.130. The predicted molar refractivity (Wildman–Crippen MR) is 128 cm³/mol. The second kappa shape index (κ2) is 8.69. The number of carbonyl (C=O) groups excluding carboxylic acids is 1. The first-order chi connectivity index (χ1) is 16.0. The average Bonchev–Trinajstić information content (AvgIpc) is 3.52. The van der Waals surface area contributed by atoms with Crippen LogP contribution in [0.4, 0.5) is 5.82 Å². The van der Waals surface area contributed by atoms with Crippen molar-refractivity contribution >= 4 is 22.8 Å². The SMILES string of the molecule is CC(C)Cc1nc2ccccc2n1CC(=O)N1CCC(c2[nH]ncc2-c2ccnc(N)c2)C1. The van der Waals surface area contributed by atoms with Gasteiger partial charge in [0.05, 0.1) is 17.2 Å². The topological polar surface area (TPSA) is 106 Å². The molecule has 1 aliphatic rings. The quantitative estimate of drug-likeness (QED) is 0.473. The third-order valence-electron chi connectivity index (χ3n) is 6.33. The van der Waals surface area contributed by atoms with Gasteiger partial charge in [-0.1, -0.05) is 26.0 Å². The van der Waals surface area contributed by atoms with Gasteiger partial charge in [-0.05, 0) is 42.2 Å². The number of carbonyl (C=O) groups is 1. The minimum absolute atomic E-state index is 0.125. The van der Waals surface area contributed by atoms with Crippen LogP contribution in [-0.2, 0) is 17.8 Å². The van der Waals surface area contributed by atoms with Gasteiger partial charge in [0.2, 0.25) is 5.91 Å². The number of aromatic amines is 1. The van der Waals surface area contributed by atoms with Crippen LogP contribution < -0.4 is 5.73 Å². The van der Waals surface area contributed by atoms with Crippen LogP contribution in [0.15, 0.2) is 48.8 Å². The summed E-state index contributed by atoms with van der Waals surface area (Å²) in [7, 11) is 0. The van der Waals surface area contributed by atoms with Gasteiger partial charge in [-0.2, -0.15) is 5.10 Å². The second-order valence-corrected chi connectivity index (χ2v) is 9.19. The zero-order valence-corrected chi connectivity index (χ0v) is 19.0. The third-order valence-corrected chi connectivity index (χ3v) is 6.33. The molecule has 1 amide bonds. The van der Waals surface area contributed by atoms with Crippen molar-refractivity contribution in [1.82, 2.24) is 29.6 Å². The fraction of sp³-hybridized carbons (Fsp3) is 0.360. The summed E-state index contributed by atoms with van der Waals surface area (Å²) >= 11 is 0. The van der Waals surface area contributed by atoms with E-state index in [9.17, 15) is 4.79 Å². The molecule has 1 aromatic carbocycles. The summed E-state index contributed by atoms with van der Waals surface area (Å²) in [4.78, 5) is 24.2. The highest BCUT2D eigenvalue weighted by Gasteiger charge is 2.30. The Morgan fingerprint density at radius 1 is 1.27 bits per heavy atom. The van der Waals surface area contributed by atoms with Crippen LogP contribution >= 0.6 is 0 Å². The summed E-state index contributed by atoms with van der Waals surface area (Å²) in [5, 5.41) is 7.44. The number of rotatable bonds is 6. The van der Waals surface area contributed by atoms with Crippen molar-refractivity contribution in [3.8, 4) is 11.1 Å². The Bertz CT molecular complexity index is 1290. The van der Waals surface area contributed by atoms with Crippen LogP contribution in [0.3, 0.4) is 0 Å². The van der Waals surface area contributed by atoms with Crippen LogP contribution in [0.1, 0.15) is 37.7 Å². The van der Waals surface area contributed by atoms with Crippen molar-refractivity contribution in [1.29, 1.82) is 0 Å². The molecule has 33 heavy (non-hydrogen) atoms. The molecular formula is C25H29N7O. The van der Waals surface area contributed by atoms with E-state index in [1.807, 2.05) is 47.5 Å². The standard InChI is InChI=1S/C25H29N7O/c1-16(2)11-23-29-20-5-3-4-6-21(20)32(23)15-24(33)31-10-8-18(14-31)25-19(13-28-30-25)17-7-9-27-22(26)12-17/h3-7,9,12-13,16,18H,8,10-11,14-15H2,1-2H3,(H2,26,27)(H,28,30). The highest BCUT2D eigenvalue weighted by atomic mass is 16.2. The maximum Gasteiger partial charge on any atom is 0.242 e. The lowest BCUT2D eigenvalue weighted by Crippen LogP contribution is -2.32. The maximum absolute atomic E-state index is 13.3. The highest BCUT2D eigenvalue weighted by molar-refractivity contribution is 5.81. The zero-order chi connectivity index (χ0) is 22.9. The molecule has 1 aliphatic heterocycles. The number of nitrogens with zero attached hydrogens (tertiary/aromatic N) is 5. The summed E-state index contributed by atoms with van der Waals surface area (Å²) in [6, 6.07) is 11.8. The minimum atomic E-state index is 0.125. The van der Waals surface area contributed by atoms with Gasteiger partial charge < -0.3 is 15.2 Å². The molecule has 0 spiro atoms. The van der Waals surface area contributed by atoms with Crippen LogP contribution in [0.25, 0.3) is 22.2 Å². The largest absolute Gasteiger partial charge is 0.384 e. The van der Waals surface area contributed by atoms with E-state index >= 15 is 0 Å². The van der Waals surface area contributed by atoms with Crippen molar-refractivity contribution in [2.45, 2.75) is 39.2 Å². The fourth-order valence-corrected chi connectivity index (χ4v) is 4.73. The van der Waals surface area contributed by atoms with E-state index in [2.05, 4.69) is 33.6 Å². The van der Waals surface area contributed by atoms with Crippen molar-refractivity contribution in [3.05, 3.63) is 60.3 Å². The molecule has 4 aromatic rings. The molecule has 3 aromatic heterocycles. The maximum atomic E-state index is 13.3. The average molecular weight is 444 g/mol. The first-order valence-electron chi connectivity index (χ1n) is 11.5. The third kappa shape index (κ3) is 4.20. The molecule has 8 heteroatoms. The molecule has 1 saturated heterocycles. The summed E-state index contributed by atoms with van der Waals surface area (Å²) in [5.41, 5.74) is 10.9. The van der Waals surface area contributed by atoms with Gasteiger partial charge in [0, 0.05) is 42.9 Å². The number of likely N-dealkylation sites (tertiary alicyclic amines) is 1. The van der Waals surface area contributed by atoms with Gasteiger partial charge in [-0.3, -0.25) is 9.89 Å². The Balaban J connectivity index is 1.35. The molecule has 1 atom stereocenters. The minimum Gasteiger partial charge on any atom is -0.384 e. The van der Waals surface area contributed by atoms with Crippen molar-refractivity contribution < 1.29 is 4.79 Å².